The molecule has 0 fully saturated rings. The van der Waals surface area contributed by atoms with Crippen LogP contribution in [0.3, 0.4) is 0 Å². The van der Waals surface area contributed by atoms with Crippen molar-refractivity contribution in [3.05, 3.63) is 59.7 Å². The van der Waals surface area contributed by atoms with Crippen LogP contribution in [0.25, 0.3) is 0 Å². The number of phenolic OH excluding ortho intramolecular Hbond substituents is 2. The van der Waals surface area contributed by atoms with Crippen LogP contribution >= 0.6 is 0 Å². The molecule has 2 aromatic carbocycles. The second kappa shape index (κ2) is 15.0. The van der Waals surface area contributed by atoms with Gasteiger partial charge in [0.1, 0.15) is 11.5 Å². The van der Waals surface area contributed by atoms with E-state index in [0.29, 0.717) is 11.1 Å². The number of para-hydroxylation sites is 2. The molecule has 30 heavy (non-hydrogen) atoms. The zero-order valence-electron chi connectivity index (χ0n) is 16.7. The van der Waals surface area contributed by atoms with Crippen LogP contribution in [-0.2, 0) is 39.7 Å². The molecule has 8 nitrogen and oxygen atoms in total. The van der Waals surface area contributed by atoms with Crippen LogP contribution < -0.4 is 51.4 Å². The first-order valence-electron chi connectivity index (χ1n) is 8.77. The summed E-state index contributed by atoms with van der Waals surface area (Å²) < 4.78 is 0. The van der Waals surface area contributed by atoms with Gasteiger partial charge in [-0.05, 0) is 12.1 Å². The monoisotopic (exact) mass is 483 g/mol. The largest absolute Gasteiger partial charge is 1.00 e. The number of hydrogen-bond donors (Lipinski definition) is 4. The first-order valence-corrected chi connectivity index (χ1v) is 8.77. The van der Waals surface area contributed by atoms with E-state index in [1.807, 2.05) is 0 Å². The SMILES string of the molecule is O=C(O)CN(CCN(CC(=O)O)Cc1ccccc1O)Cc1ccccc1O.[Fe].[K+]. The van der Waals surface area contributed by atoms with Crippen LogP contribution in [0.2, 0.25) is 0 Å². The molecule has 4 N–H and O–H groups in total. The molecule has 0 aliphatic rings. The predicted octanol–water partition coefficient (Wildman–Crippen LogP) is -1.43. The Morgan fingerprint density at radius 1 is 0.700 bits per heavy atom. The minimum absolute atomic E-state index is 0. The summed E-state index contributed by atoms with van der Waals surface area (Å²) in [6.45, 7) is 0.508. The van der Waals surface area contributed by atoms with Crippen LogP contribution in [-0.4, -0.2) is 68.3 Å². The van der Waals surface area contributed by atoms with Gasteiger partial charge in [0.05, 0.1) is 13.1 Å². The van der Waals surface area contributed by atoms with E-state index >= 15 is 0 Å². The molecule has 0 atom stereocenters. The Hall–Kier alpha value is -0.944. The zero-order valence-corrected chi connectivity index (χ0v) is 20.9. The van der Waals surface area contributed by atoms with Gasteiger partial charge in [0, 0.05) is 54.4 Å². The summed E-state index contributed by atoms with van der Waals surface area (Å²) in [6, 6.07) is 13.4. The maximum atomic E-state index is 11.2. The van der Waals surface area contributed by atoms with Gasteiger partial charge in [-0.3, -0.25) is 19.4 Å². The summed E-state index contributed by atoms with van der Waals surface area (Å²) in [6.07, 6.45) is 0. The average molecular weight is 483 g/mol. The van der Waals surface area contributed by atoms with E-state index in [1.165, 1.54) is 12.1 Å². The van der Waals surface area contributed by atoms with Crippen molar-refractivity contribution in [2.24, 2.45) is 0 Å². The molecule has 0 aliphatic carbocycles. The molecule has 10 heteroatoms. The third-order valence-corrected chi connectivity index (χ3v) is 4.22. The van der Waals surface area contributed by atoms with Crippen LogP contribution in [0.4, 0.5) is 0 Å². The van der Waals surface area contributed by atoms with Crippen molar-refractivity contribution in [2.75, 3.05) is 26.2 Å². The van der Waals surface area contributed by atoms with Gasteiger partial charge in [0.2, 0.25) is 0 Å². The van der Waals surface area contributed by atoms with Crippen molar-refractivity contribution in [2.45, 2.75) is 13.1 Å². The first kappa shape index (κ1) is 29.1. The molecule has 0 saturated carbocycles. The number of carboxylic acid groups (broad SMARTS) is 2. The van der Waals surface area contributed by atoms with Crippen LogP contribution in [0.5, 0.6) is 11.5 Å². The topological polar surface area (TPSA) is 122 Å². The third-order valence-electron chi connectivity index (χ3n) is 4.22. The van der Waals surface area contributed by atoms with Crippen LogP contribution in [0.15, 0.2) is 48.5 Å². The number of phenols is 2. The van der Waals surface area contributed by atoms with Crippen molar-refractivity contribution in [1.82, 2.24) is 9.80 Å². The Morgan fingerprint density at radius 3 is 1.33 bits per heavy atom. The molecule has 0 unspecified atom stereocenters. The van der Waals surface area contributed by atoms with Gasteiger partial charge in [-0.2, -0.15) is 0 Å². The summed E-state index contributed by atoms with van der Waals surface area (Å²) in [4.78, 5) is 25.6. The van der Waals surface area contributed by atoms with Gasteiger partial charge in [-0.25, -0.2) is 0 Å². The average Bonchev–Trinajstić information content (AvgIpc) is 2.62. The summed E-state index contributed by atoms with van der Waals surface area (Å²) in [7, 11) is 0. The van der Waals surface area contributed by atoms with Gasteiger partial charge in [0.15, 0.2) is 0 Å². The minimum Gasteiger partial charge on any atom is -0.508 e. The van der Waals surface area contributed by atoms with E-state index < -0.39 is 11.9 Å². The predicted molar refractivity (Wildman–Crippen MR) is 102 cm³/mol. The molecule has 2 rings (SSSR count). The molecular formula is C20H24FeKN2O6+. The quantitative estimate of drug-likeness (QED) is 0.287. The molecule has 0 aliphatic heterocycles. The van der Waals surface area contributed by atoms with E-state index in [1.54, 1.807) is 46.2 Å². The fraction of sp³-hybridized carbons (Fsp3) is 0.300. The number of rotatable bonds is 11. The number of nitrogens with zero attached hydrogens (tertiary/aromatic N) is 2. The van der Waals surface area contributed by atoms with Gasteiger partial charge in [0.25, 0.3) is 0 Å². The Balaban J connectivity index is 0.00000420. The Kier molecular flexibility index (Phi) is 14.5. The molecule has 2 aromatic rings. The Bertz CT molecular complexity index is 756. The van der Waals surface area contributed by atoms with Crippen molar-refractivity contribution < 1.29 is 98.5 Å². The number of aromatic hydroxyl groups is 2. The van der Waals surface area contributed by atoms with Crippen molar-refractivity contribution in [3.63, 3.8) is 0 Å². The summed E-state index contributed by atoms with van der Waals surface area (Å²) in [5, 5.41) is 38.2. The fourth-order valence-corrected chi connectivity index (χ4v) is 2.86. The Labute approximate surface area is 228 Å². The third kappa shape index (κ3) is 10.4. The normalized spacial score (nSPS) is 10.3. The van der Waals surface area contributed by atoms with Gasteiger partial charge >= 0.3 is 63.3 Å². The second-order valence-corrected chi connectivity index (χ2v) is 6.47. The van der Waals surface area contributed by atoms with E-state index in [0.717, 1.165) is 0 Å². The van der Waals surface area contributed by atoms with Crippen molar-refractivity contribution >= 4 is 11.9 Å². The van der Waals surface area contributed by atoms with Gasteiger partial charge in [-0.1, -0.05) is 36.4 Å². The fourth-order valence-electron chi connectivity index (χ4n) is 2.86. The number of benzene rings is 2. The molecule has 0 heterocycles. The molecule has 0 amide bonds. The van der Waals surface area contributed by atoms with Gasteiger partial charge in [-0.15, -0.1) is 0 Å². The van der Waals surface area contributed by atoms with E-state index in [9.17, 15) is 19.8 Å². The molecule has 0 bridgehead atoms. The van der Waals surface area contributed by atoms with Crippen LogP contribution in [0, 0.1) is 0 Å². The molecule has 158 valence electrons. The van der Waals surface area contributed by atoms with E-state index in [4.69, 9.17) is 10.2 Å². The summed E-state index contributed by atoms with van der Waals surface area (Å²) >= 11 is 0. The second-order valence-electron chi connectivity index (χ2n) is 6.47. The number of carbonyl (C=O) groups is 2. The summed E-state index contributed by atoms with van der Waals surface area (Å²) in [5.41, 5.74) is 1.18. The minimum atomic E-state index is -1.01. The number of carboxylic acids is 2. The van der Waals surface area contributed by atoms with Crippen molar-refractivity contribution in [3.8, 4) is 11.5 Å². The molecule has 0 saturated heterocycles. The first-order chi connectivity index (χ1) is 13.3. The summed E-state index contributed by atoms with van der Waals surface area (Å²) in [5.74, 6) is -1.87. The van der Waals surface area contributed by atoms with Gasteiger partial charge < -0.3 is 20.4 Å². The smallest absolute Gasteiger partial charge is 0.508 e. The van der Waals surface area contributed by atoms with E-state index in [2.05, 4.69) is 0 Å². The zero-order chi connectivity index (χ0) is 20.5. The molecule has 0 aromatic heterocycles. The van der Waals surface area contributed by atoms with Crippen molar-refractivity contribution in [1.29, 1.82) is 0 Å². The standard InChI is InChI=1S/C20H24N2O6.Fe.K/c23-17-7-3-1-5-15(17)11-21(13-19(25)26)9-10-22(14-20(27)28)12-16-6-2-4-8-18(16)24;;/h1-8,23-24H,9-14H2,(H,25,26)(H,27,28);;/q;;+1. The van der Waals surface area contributed by atoms with E-state index in [-0.39, 0.29) is 119 Å². The Morgan fingerprint density at radius 2 is 1.03 bits per heavy atom. The number of hydrogen-bond acceptors (Lipinski definition) is 6. The maximum Gasteiger partial charge on any atom is 1.00 e. The van der Waals surface area contributed by atoms with Crippen LogP contribution in [0.1, 0.15) is 11.1 Å². The molecule has 0 spiro atoms. The maximum absolute atomic E-state index is 11.2. The molecule has 0 radical (unpaired) electrons. The number of aliphatic carboxylic acids is 2. The molecular weight excluding hydrogens is 459 g/mol.